The first kappa shape index (κ1) is 15.6. The van der Waals surface area contributed by atoms with Gasteiger partial charge in [-0.05, 0) is 37.6 Å². The third kappa shape index (κ3) is 4.93. The second-order valence-corrected chi connectivity index (χ2v) is 4.62. The predicted octanol–water partition coefficient (Wildman–Crippen LogP) is 2.95. The van der Waals surface area contributed by atoms with Gasteiger partial charge in [0.1, 0.15) is 6.10 Å². The Balaban J connectivity index is 1.96. The van der Waals surface area contributed by atoms with E-state index in [1.54, 1.807) is 19.1 Å². The Labute approximate surface area is 125 Å². The molecule has 4 heteroatoms. The zero-order valence-corrected chi connectivity index (χ0v) is 12.3. The zero-order chi connectivity index (χ0) is 15.1. The maximum Gasteiger partial charge on any atom is 0.188 e. The number of hydrogen-bond acceptors (Lipinski definition) is 4. The van der Waals surface area contributed by atoms with Gasteiger partial charge in [-0.2, -0.15) is 0 Å². The highest BCUT2D eigenvalue weighted by Crippen LogP contribution is 2.15. The Morgan fingerprint density at radius 2 is 2.10 bits per heavy atom. The molecular weight excluding hydrogens is 268 g/mol. The lowest BCUT2D eigenvalue weighted by molar-refractivity contribution is -0.227. The van der Waals surface area contributed by atoms with Crippen molar-refractivity contribution in [3.63, 3.8) is 0 Å². The highest BCUT2D eigenvalue weighted by molar-refractivity contribution is 5.96. The molecule has 1 aromatic carbocycles. The minimum Gasteiger partial charge on any atom is -0.353 e. The van der Waals surface area contributed by atoms with Crippen molar-refractivity contribution < 1.29 is 19.0 Å². The van der Waals surface area contributed by atoms with Gasteiger partial charge in [0.25, 0.3) is 0 Å². The number of carbonyl (C=O) groups excluding carboxylic acids is 1. The summed E-state index contributed by atoms with van der Waals surface area (Å²) >= 11 is 0. The van der Waals surface area contributed by atoms with E-state index in [9.17, 15) is 4.79 Å². The maximum atomic E-state index is 11.8. The average molecular weight is 288 g/mol. The molecule has 1 heterocycles. The standard InChI is InChI=1S/C17H20O4/c1-3-19-13(2)20-17-12-10-15(18)16(21-17)11-9-14-7-5-4-6-8-14/h4-13,16-17H,3H2,1-2H3/b11-9+/t13?,16-,17+/m0/s1. The number of ether oxygens (including phenoxy) is 3. The van der Waals surface area contributed by atoms with E-state index in [2.05, 4.69) is 0 Å². The van der Waals surface area contributed by atoms with Crippen LogP contribution in [0.25, 0.3) is 6.08 Å². The normalized spacial score (nSPS) is 23.6. The maximum absolute atomic E-state index is 11.8. The molecule has 0 spiro atoms. The van der Waals surface area contributed by atoms with Crippen LogP contribution in [0.1, 0.15) is 19.4 Å². The fourth-order valence-corrected chi connectivity index (χ4v) is 1.97. The molecule has 0 aliphatic carbocycles. The van der Waals surface area contributed by atoms with E-state index < -0.39 is 12.4 Å². The van der Waals surface area contributed by atoms with Crippen LogP contribution in [0.4, 0.5) is 0 Å². The monoisotopic (exact) mass is 288 g/mol. The van der Waals surface area contributed by atoms with E-state index in [0.717, 1.165) is 5.56 Å². The van der Waals surface area contributed by atoms with Crippen molar-refractivity contribution in [3.05, 3.63) is 54.1 Å². The summed E-state index contributed by atoms with van der Waals surface area (Å²) in [4.78, 5) is 11.8. The molecule has 0 aromatic heterocycles. The van der Waals surface area contributed by atoms with Gasteiger partial charge in [-0.3, -0.25) is 4.79 Å². The fourth-order valence-electron chi connectivity index (χ4n) is 1.97. The molecule has 0 amide bonds. The summed E-state index contributed by atoms with van der Waals surface area (Å²) in [6, 6.07) is 9.76. The summed E-state index contributed by atoms with van der Waals surface area (Å²) in [6.07, 6.45) is 5.12. The molecule has 0 bridgehead atoms. The first-order chi connectivity index (χ1) is 10.2. The van der Waals surface area contributed by atoms with Crippen molar-refractivity contribution >= 4 is 11.9 Å². The van der Waals surface area contributed by atoms with Crippen LogP contribution >= 0.6 is 0 Å². The molecule has 0 radical (unpaired) electrons. The number of ketones is 1. The van der Waals surface area contributed by atoms with Gasteiger partial charge >= 0.3 is 0 Å². The van der Waals surface area contributed by atoms with E-state index in [0.29, 0.717) is 6.61 Å². The third-order valence-electron chi connectivity index (χ3n) is 2.97. The first-order valence-electron chi connectivity index (χ1n) is 7.07. The van der Waals surface area contributed by atoms with Gasteiger partial charge in [-0.1, -0.05) is 36.4 Å². The van der Waals surface area contributed by atoms with Gasteiger partial charge < -0.3 is 14.2 Å². The average Bonchev–Trinajstić information content (AvgIpc) is 2.49. The van der Waals surface area contributed by atoms with Crippen LogP contribution in [0, 0.1) is 0 Å². The van der Waals surface area contributed by atoms with E-state index >= 15 is 0 Å². The molecule has 4 nitrogen and oxygen atoms in total. The smallest absolute Gasteiger partial charge is 0.188 e. The zero-order valence-electron chi connectivity index (χ0n) is 12.3. The predicted molar refractivity (Wildman–Crippen MR) is 80.5 cm³/mol. The molecular formula is C17H20O4. The van der Waals surface area contributed by atoms with E-state index in [-0.39, 0.29) is 12.1 Å². The van der Waals surface area contributed by atoms with Crippen molar-refractivity contribution in [2.24, 2.45) is 0 Å². The minimum atomic E-state index is -0.631. The summed E-state index contributed by atoms with van der Waals surface area (Å²) < 4.78 is 16.5. The second-order valence-electron chi connectivity index (χ2n) is 4.62. The van der Waals surface area contributed by atoms with Gasteiger partial charge in [0.05, 0.1) is 0 Å². The second kappa shape index (κ2) is 7.88. The van der Waals surface area contributed by atoms with Crippen LogP contribution in [0.5, 0.6) is 0 Å². The van der Waals surface area contributed by atoms with Crippen LogP contribution in [0.15, 0.2) is 48.6 Å². The quantitative estimate of drug-likeness (QED) is 0.755. The first-order valence-corrected chi connectivity index (χ1v) is 7.07. The lowest BCUT2D eigenvalue weighted by Crippen LogP contribution is -2.34. The topological polar surface area (TPSA) is 44.8 Å². The number of rotatable bonds is 6. The highest BCUT2D eigenvalue weighted by Gasteiger charge is 2.24. The van der Waals surface area contributed by atoms with E-state index in [1.807, 2.05) is 43.3 Å². The molecule has 0 saturated carbocycles. The molecule has 0 fully saturated rings. The SMILES string of the molecule is CCOC(C)O[C@H]1C=CC(=O)[C@H](/C=C/c2ccccc2)O1. The van der Waals surface area contributed by atoms with Gasteiger partial charge in [0, 0.05) is 6.61 Å². The molecule has 1 aliphatic rings. The molecule has 1 aliphatic heterocycles. The van der Waals surface area contributed by atoms with E-state index in [1.165, 1.54) is 6.08 Å². The Kier molecular flexibility index (Phi) is 5.87. The Bertz CT molecular complexity index is 507. The lowest BCUT2D eigenvalue weighted by Gasteiger charge is -2.25. The van der Waals surface area contributed by atoms with Gasteiger partial charge in [0.2, 0.25) is 0 Å². The summed E-state index contributed by atoms with van der Waals surface area (Å²) in [6.45, 7) is 4.26. The Morgan fingerprint density at radius 1 is 1.33 bits per heavy atom. The third-order valence-corrected chi connectivity index (χ3v) is 2.97. The largest absolute Gasteiger partial charge is 0.353 e. The Morgan fingerprint density at radius 3 is 2.81 bits per heavy atom. The van der Waals surface area contributed by atoms with Gasteiger partial charge in [-0.15, -0.1) is 0 Å². The van der Waals surface area contributed by atoms with Crippen molar-refractivity contribution in [1.82, 2.24) is 0 Å². The summed E-state index contributed by atoms with van der Waals surface area (Å²) in [7, 11) is 0. The van der Waals surface area contributed by atoms with Gasteiger partial charge in [-0.25, -0.2) is 0 Å². The summed E-state index contributed by atoms with van der Waals surface area (Å²) in [5.74, 6) is -0.0916. The summed E-state index contributed by atoms with van der Waals surface area (Å²) in [5, 5.41) is 0. The van der Waals surface area contributed by atoms with Crippen LogP contribution in [-0.4, -0.2) is 31.1 Å². The molecule has 0 N–H and O–H groups in total. The molecule has 1 aromatic rings. The Hall–Kier alpha value is -1.75. The van der Waals surface area contributed by atoms with Crippen LogP contribution in [0.2, 0.25) is 0 Å². The molecule has 3 atom stereocenters. The highest BCUT2D eigenvalue weighted by atomic mass is 16.8. The van der Waals surface area contributed by atoms with Crippen molar-refractivity contribution in [2.45, 2.75) is 32.5 Å². The number of carbonyl (C=O) groups is 1. The fraction of sp³-hybridized carbons (Fsp3) is 0.353. The van der Waals surface area contributed by atoms with Crippen LogP contribution < -0.4 is 0 Å². The molecule has 112 valence electrons. The van der Waals surface area contributed by atoms with Crippen molar-refractivity contribution in [1.29, 1.82) is 0 Å². The molecule has 2 rings (SSSR count). The molecule has 21 heavy (non-hydrogen) atoms. The van der Waals surface area contributed by atoms with Crippen molar-refractivity contribution in [2.75, 3.05) is 6.61 Å². The number of benzene rings is 1. The molecule has 0 saturated heterocycles. The lowest BCUT2D eigenvalue weighted by atomic mass is 10.1. The van der Waals surface area contributed by atoms with Crippen LogP contribution in [0.3, 0.4) is 0 Å². The summed E-state index contributed by atoms with van der Waals surface area (Å²) in [5.41, 5.74) is 1.02. The minimum absolute atomic E-state index is 0.0916. The number of hydrogen-bond donors (Lipinski definition) is 0. The van der Waals surface area contributed by atoms with E-state index in [4.69, 9.17) is 14.2 Å². The van der Waals surface area contributed by atoms with Crippen LogP contribution in [-0.2, 0) is 19.0 Å². The van der Waals surface area contributed by atoms with Crippen molar-refractivity contribution in [3.8, 4) is 0 Å². The molecule has 1 unspecified atom stereocenters. The van der Waals surface area contributed by atoms with Gasteiger partial charge in [0.15, 0.2) is 18.4 Å².